The number of aliphatic carboxylic acids is 1. The normalized spacial score (nSPS) is 13.8. The van der Waals surface area contributed by atoms with Crippen molar-refractivity contribution in [2.75, 3.05) is 19.8 Å². The van der Waals surface area contributed by atoms with Gasteiger partial charge in [-0.15, -0.1) is 0 Å². The van der Waals surface area contributed by atoms with Gasteiger partial charge in [-0.1, -0.05) is 192 Å². The topological polar surface area (TPSA) is 169 Å². The summed E-state index contributed by atoms with van der Waals surface area (Å²) in [5.74, 6) is -2.37. The second-order valence-electron chi connectivity index (χ2n) is 17.4. The molecule has 0 aliphatic rings. The Morgan fingerprint density at radius 3 is 1.32 bits per heavy atom. The molecule has 1 amide bonds. The average Bonchev–Trinajstić information content (AvgIpc) is 3.26. The van der Waals surface area contributed by atoms with Crippen molar-refractivity contribution in [2.45, 2.75) is 251 Å². The highest BCUT2D eigenvalue weighted by Gasteiger charge is 2.28. The molecule has 0 bridgehead atoms. The summed E-state index contributed by atoms with van der Waals surface area (Å²) in [6.07, 6.45) is 51.6. The molecule has 0 aromatic carbocycles. The van der Waals surface area contributed by atoms with Crippen LogP contribution in [0, 0.1) is 0 Å². The molecule has 3 unspecified atom stereocenters. The number of aliphatic hydroxyl groups excluding tert-OH is 1. The molecule has 0 saturated heterocycles. The summed E-state index contributed by atoms with van der Waals surface area (Å²) in [4.78, 5) is 46.1. The molecule has 0 heterocycles. The summed E-state index contributed by atoms with van der Waals surface area (Å²) in [7, 11) is -4.76. The Morgan fingerprint density at radius 1 is 0.508 bits per heavy atom. The maximum absolute atomic E-state index is 12.4. The Labute approximate surface area is 384 Å². The largest absolute Gasteiger partial charge is 0.480 e. The van der Waals surface area contributed by atoms with Gasteiger partial charge in [-0.05, 0) is 70.6 Å². The van der Waals surface area contributed by atoms with Crippen LogP contribution in [0.2, 0.25) is 0 Å². The SMILES string of the molecule is CCCCCC/C=C\C/C=C\CCCCCCCCCC(=O)OCC(O)COP(=O)(O)OCC(NC(=O)CCCCCCCCCCCCC/C=C/CCCCCCCC)C(=O)O. The van der Waals surface area contributed by atoms with E-state index in [1.54, 1.807) is 0 Å². The fourth-order valence-corrected chi connectivity index (χ4v) is 7.94. The standard InChI is InChI=1S/C51H94NO10P/c1-3-5-7-9-11-13-15-17-19-21-23-24-25-26-28-30-32-34-36-38-40-42-49(54)52-48(51(56)57)46-62-63(58,59)61-45-47(53)44-60-50(55)43-41-39-37-35-33-31-29-27-22-20-18-16-14-12-10-8-6-4-2/h14,16-17,19-20,22,47-48,53H,3-13,15,18,21,23-46H2,1-2H3,(H,52,54)(H,56,57)(H,58,59)/b16-14-,19-17+,22-20-. The summed E-state index contributed by atoms with van der Waals surface area (Å²) in [5.41, 5.74) is 0. The van der Waals surface area contributed by atoms with Gasteiger partial charge in [-0.2, -0.15) is 0 Å². The molecule has 0 aliphatic carbocycles. The van der Waals surface area contributed by atoms with Gasteiger partial charge in [-0.3, -0.25) is 18.6 Å². The number of allylic oxidation sites excluding steroid dienone is 6. The summed E-state index contributed by atoms with van der Waals surface area (Å²) >= 11 is 0. The average molecular weight is 912 g/mol. The highest BCUT2D eigenvalue weighted by molar-refractivity contribution is 7.47. The zero-order valence-corrected chi connectivity index (χ0v) is 41.0. The molecule has 12 heteroatoms. The van der Waals surface area contributed by atoms with Gasteiger partial charge in [0.15, 0.2) is 6.04 Å². The number of carboxylic acids is 1. The lowest BCUT2D eigenvalue weighted by Crippen LogP contribution is -2.43. The van der Waals surface area contributed by atoms with Crippen molar-refractivity contribution in [1.29, 1.82) is 0 Å². The number of carboxylic acid groups (broad SMARTS) is 1. The van der Waals surface area contributed by atoms with Gasteiger partial charge in [-0.25, -0.2) is 9.36 Å². The van der Waals surface area contributed by atoms with E-state index in [0.29, 0.717) is 12.8 Å². The molecule has 0 fully saturated rings. The molecular formula is C51H94NO10P. The molecule has 368 valence electrons. The Kier molecular flexibility index (Phi) is 44.5. The van der Waals surface area contributed by atoms with Crippen molar-refractivity contribution >= 4 is 25.7 Å². The Balaban J connectivity index is 3.83. The van der Waals surface area contributed by atoms with Crippen LogP contribution in [0.4, 0.5) is 0 Å². The quantitative estimate of drug-likeness (QED) is 0.0199. The molecule has 0 aromatic rings. The van der Waals surface area contributed by atoms with Gasteiger partial charge in [0.2, 0.25) is 5.91 Å². The van der Waals surface area contributed by atoms with Gasteiger partial charge < -0.3 is 25.2 Å². The number of carbonyl (C=O) groups excluding carboxylic acids is 2. The fourth-order valence-electron chi connectivity index (χ4n) is 7.16. The van der Waals surface area contributed by atoms with Crippen LogP contribution in [0.1, 0.15) is 239 Å². The number of esters is 1. The predicted octanol–water partition coefficient (Wildman–Crippen LogP) is 14.0. The molecule has 0 radical (unpaired) electrons. The predicted molar refractivity (Wildman–Crippen MR) is 259 cm³/mol. The minimum absolute atomic E-state index is 0.145. The van der Waals surface area contributed by atoms with Crippen molar-refractivity contribution in [3.63, 3.8) is 0 Å². The molecule has 11 nitrogen and oxygen atoms in total. The van der Waals surface area contributed by atoms with Crippen molar-refractivity contribution in [1.82, 2.24) is 5.32 Å². The number of phosphoric ester groups is 1. The molecule has 4 N–H and O–H groups in total. The van der Waals surface area contributed by atoms with Crippen LogP contribution in [-0.4, -0.2) is 64.9 Å². The number of ether oxygens (including phenoxy) is 1. The van der Waals surface area contributed by atoms with Crippen LogP contribution in [0.5, 0.6) is 0 Å². The number of rotatable bonds is 48. The van der Waals surface area contributed by atoms with Crippen LogP contribution in [0.15, 0.2) is 36.5 Å². The van der Waals surface area contributed by atoms with E-state index in [2.05, 4.69) is 55.6 Å². The van der Waals surface area contributed by atoms with Gasteiger partial charge in [0.25, 0.3) is 0 Å². The van der Waals surface area contributed by atoms with E-state index in [0.717, 1.165) is 51.4 Å². The second kappa shape index (κ2) is 46.2. The lowest BCUT2D eigenvalue weighted by molar-refractivity contribution is -0.147. The molecule has 0 aromatic heterocycles. The van der Waals surface area contributed by atoms with E-state index < -0.39 is 57.6 Å². The number of aliphatic hydroxyl groups is 1. The van der Waals surface area contributed by atoms with Crippen molar-refractivity contribution in [3.8, 4) is 0 Å². The van der Waals surface area contributed by atoms with Crippen molar-refractivity contribution < 1.29 is 47.8 Å². The van der Waals surface area contributed by atoms with Gasteiger partial charge in [0, 0.05) is 12.8 Å². The van der Waals surface area contributed by atoms with E-state index >= 15 is 0 Å². The van der Waals surface area contributed by atoms with Crippen LogP contribution in [0.25, 0.3) is 0 Å². The number of hydrogen-bond acceptors (Lipinski definition) is 8. The number of carbonyl (C=O) groups is 3. The Hall–Kier alpha value is -2.30. The maximum Gasteiger partial charge on any atom is 0.472 e. The molecular weight excluding hydrogens is 818 g/mol. The highest BCUT2D eigenvalue weighted by atomic mass is 31.2. The van der Waals surface area contributed by atoms with Crippen LogP contribution in [-0.2, 0) is 32.7 Å². The Bertz CT molecular complexity index is 1210. The number of hydrogen-bond donors (Lipinski definition) is 4. The maximum atomic E-state index is 12.4. The van der Waals surface area contributed by atoms with Crippen molar-refractivity contribution in [3.05, 3.63) is 36.5 Å². The minimum Gasteiger partial charge on any atom is -0.480 e. The third-order valence-electron chi connectivity index (χ3n) is 11.2. The summed E-state index contributed by atoms with van der Waals surface area (Å²) < 4.78 is 26.9. The lowest BCUT2D eigenvalue weighted by Gasteiger charge is -2.18. The first-order valence-corrected chi connectivity index (χ1v) is 27.0. The third kappa shape index (κ3) is 46.0. The fraction of sp³-hybridized carbons (Fsp3) is 0.824. The summed E-state index contributed by atoms with van der Waals surface area (Å²) in [5, 5.41) is 21.9. The number of amides is 1. The van der Waals surface area contributed by atoms with Gasteiger partial charge in [0.1, 0.15) is 12.7 Å². The molecule has 63 heavy (non-hydrogen) atoms. The molecule has 0 spiro atoms. The van der Waals surface area contributed by atoms with Crippen LogP contribution >= 0.6 is 7.82 Å². The summed E-state index contributed by atoms with van der Waals surface area (Å²) in [6.45, 7) is 2.60. The monoisotopic (exact) mass is 912 g/mol. The van der Waals surface area contributed by atoms with E-state index in [1.165, 1.54) is 148 Å². The molecule has 0 rings (SSSR count). The number of nitrogens with one attached hydrogen (secondary N) is 1. The first kappa shape index (κ1) is 60.7. The third-order valence-corrected chi connectivity index (χ3v) is 12.1. The number of phosphoric acid groups is 1. The smallest absolute Gasteiger partial charge is 0.472 e. The number of unbranched alkanes of at least 4 members (excludes halogenated alkanes) is 28. The van der Waals surface area contributed by atoms with Crippen LogP contribution in [0.3, 0.4) is 0 Å². The second-order valence-corrected chi connectivity index (χ2v) is 18.8. The first-order valence-electron chi connectivity index (χ1n) is 25.5. The highest BCUT2D eigenvalue weighted by Crippen LogP contribution is 2.43. The molecule has 3 atom stereocenters. The van der Waals surface area contributed by atoms with Gasteiger partial charge in [0.05, 0.1) is 13.2 Å². The van der Waals surface area contributed by atoms with Gasteiger partial charge >= 0.3 is 19.8 Å². The van der Waals surface area contributed by atoms with E-state index in [1.807, 2.05) is 0 Å². The molecule has 0 aliphatic heterocycles. The summed E-state index contributed by atoms with van der Waals surface area (Å²) in [6, 6.07) is -1.55. The first-order chi connectivity index (χ1) is 30.6. The minimum atomic E-state index is -4.76. The lowest BCUT2D eigenvalue weighted by atomic mass is 10.0. The Morgan fingerprint density at radius 2 is 0.873 bits per heavy atom. The molecule has 0 saturated carbocycles. The van der Waals surface area contributed by atoms with Crippen LogP contribution < -0.4 is 5.32 Å². The van der Waals surface area contributed by atoms with E-state index in [4.69, 9.17) is 13.8 Å². The van der Waals surface area contributed by atoms with Crippen molar-refractivity contribution in [2.24, 2.45) is 0 Å². The van der Waals surface area contributed by atoms with E-state index in [9.17, 15) is 34.1 Å². The zero-order valence-electron chi connectivity index (χ0n) is 40.1. The van der Waals surface area contributed by atoms with E-state index in [-0.39, 0.29) is 12.8 Å². The zero-order chi connectivity index (χ0) is 46.3.